The minimum absolute atomic E-state index is 0.436. The van der Waals surface area contributed by atoms with Crippen LogP contribution in [0.3, 0.4) is 0 Å². The van der Waals surface area contributed by atoms with Gasteiger partial charge in [0.2, 0.25) is 0 Å². The van der Waals surface area contributed by atoms with Gasteiger partial charge in [0.1, 0.15) is 0 Å². The summed E-state index contributed by atoms with van der Waals surface area (Å²) in [6.07, 6.45) is 2.34. The Kier molecular flexibility index (Phi) is 5.94. The SMILES string of the molecule is CCCC(NCC)c1cc(Cl)ccc1I. The van der Waals surface area contributed by atoms with Crippen LogP contribution in [0.25, 0.3) is 0 Å². The van der Waals surface area contributed by atoms with Gasteiger partial charge in [-0.2, -0.15) is 0 Å². The van der Waals surface area contributed by atoms with E-state index in [0.717, 1.165) is 18.0 Å². The van der Waals surface area contributed by atoms with Crippen molar-refractivity contribution >= 4 is 34.2 Å². The maximum Gasteiger partial charge on any atom is 0.0410 e. The third-order valence-electron chi connectivity index (χ3n) is 2.36. The second-order valence-electron chi connectivity index (χ2n) is 3.56. The summed E-state index contributed by atoms with van der Waals surface area (Å²) < 4.78 is 1.29. The lowest BCUT2D eigenvalue weighted by molar-refractivity contribution is 0.507. The van der Waals surface area contributed by atoms with Crippen LogP contribution in [-0.4, -0.2) is 6.54 Å². The average molecular weight is 338 g/mol. The maximum absolute atomic E-state index is 6.03. The van der Waals surface area contributed by atoms with Gasteiger partial charge >= 0.3 is 0 Å². The van der Waals surface area contributed by atoms with Crippen LogP contribution >= 0.6 is 34.2 Å². The lowest BCUT2D eigenvalue weighted by Crippen LogP contribution is -2.21. The first-order valence-corrected chi connectivity index (χ1v) is 6.83. The molecule has 0 aromatic heterocycles. The number of nitrogens with one attached hydrogen (secondary N) is 1. The van der Waals surface area contributed by atoms with Crippen molar-refractivity contribution in [3.8, 4) is 0 Å². The number of benzene rings is 1. The lowest BCUT2D eigenvalue weighted by Gasteiger charge is -2.19. The molecule has 0 bridgehead atoms. The Bertz CT molecular complexity index is 308. The van der Waals surface area contributed by atoms with Crippen molar-refractivity contribution in [1.82, 2.24) is 5.32 Å². The molecule has 1 atom stereocenters. The molecule has 0 fully saturated rings. The maximum atomic E-state index is 6.03. The fourth-order valence-electron chi connectivity index (χ4n) is 1.68. The van der Waals surface area contributed by atoms with Crippen LogP contribution in [-0.2, 0) is 0 Å². The van der Waals surface area contributed by atoms with E-state index >= 15 is 0 Å². The van der Waals surface area contributed by atoms with E-state index in [1.54, 1.807) is 0 Å². The summed E-state index contributed by atoms with van der Waals surface area (Å²) in [6.45, 7) is 5.34. The molecule has 0 aliphatic heterocycles. The van der Waals surface area contributed by atoms with Gasteiger partial charge in [-0.15, -0.1) is 0 Å². The Hall–Kier alpha value is 0.200. The van der Waals surface area contributed by atoms with Gasteiger partial charge in [0.15, 0.2) is 0 Å². The summed E-state index contributed by atoms with van der Waals surface area (Å²) in [5.41, 5.74) is 1.33. The molecule has 0 heterocycles. The molecule has 3 heteroatoms. The number of halogens is 2. The van der Waals surface area contributed by atoms with E-state index in [-0.39, 0.29) is 0 Å². The van der Waals surface area contributed by atoms with E-state index in [9.17, 15) is 0 Å². The lowest BCUT2D eigenvalue weighted by atomic mass is 10.0. The average Bonchev–Trinajstić information content (AvgIpc) is 2.21. The Morgan fingerprint density at radius 2 is 2.13 bits per heavy atom. The van der Waals surface area contributed by atoms with E-state index < -0.39 is 0 Å². The minimum Gasteiger partial charge on any atom is -0.310 e. The molecule has 0 saturated carbocycles. The van der Waals surface area contributed by atoms with Crippen molar-refractivity contribution in [3.05, 3.63) is 32.4 Å². The van der Waals surface area contributed by atoms with E-state index in [4.69, 9.17) is 11.6 Å². The zero-order valence-electron chi connectivity index (χ0n) is 9.19. The van der Waals surface area contributed by atoms with Crippen LogP contribution in [0.1, 0.15) is 38.3 Å². The molecule has 1 aromatic carbocycles. The third-order valence-corrected chi connectivity index (χ3v) is 3.58. The summed E-state index contributed by atoms with van der Waals surface area (Å²) in [5.74, 6) is 0. The van der Waals surface area contributed by atoms with Crippen LogP contribution in [0, 0.1) is 3.57 Å². The molecule has 0 spiro atoms. The molecule has 1 rings (SSSR count). The monoisotopic (exact) mass is 337 g/mol. The number of hydrogen-bond acceptors (Lipinski definition) is 1. The highest BCUT2D eigenvalue weighted by Crippen LogP contribution is 2.26. The molecule has 1 aromatic rings. The van der Waals surface area contributed by atoms with Gasteiger partial charge in [-0.1, -0.05) is 31.9 Å². The van der Waals surface area contributed by atoms with Crippen LogP contribution in [0.2, 0.25) is 5.02 Å². The predicted octanol–water partition coefficient (Wildman–Crippen LogP) is 4.40. The van der Waals surface area contributed by atoms with Crippen molar-refractivity contribution < 1.29 is 0 Å². The zero-order valence-corrected chi connectivity index (χ0v) is 12.1. The first-order chi connectivity index (χ1) is 7.19. The molecular formula is C12H17ClIN. The molecule has 0 aliphatic rings. The van der Waals surface area contributed by atoms with Gasteiger partial charge in [0.25, 0.3) is 0 Å². The first-order valence-electron chi connectivity index (χ1n) is 5.37. The molecular weight excluding hydrogens is 320 g/mol. The smallest absolute Gasteiger partial charge is 0.0410 e. The number of hydrogen-bond donors (Lipinski definition) is 1. The molecule has 0 radical (unpaired) electrons. The molecule has 1 nitrogen and oxygen atoms in total. The van der Waals surface area contributed by atoms with Gasteiger partial charge in [-0.25, -0.2) is 0 Å². The Morgan fingerprint density at radius 3 is 2.73 bits per heavy atom. The summed E-state index contributed by atoms with van der Waals surface area (Å²) in [5, 5.41) is 4.33. The highest BCUT2D eigenvalue weighted by atomic mass is 127. The van der Waals surface area contributed by atoms with E-state index in [1.165, 1.54) is 15.6 Å². The van der Waals surface area contributed by atoms with Gasteiger partial charge in [-0.3, -0.25) is 0 Å². The third kappa shape index (κ3) is 3.93. The quantitative estimate of drug-likeness (QED) is 0.786. The molecule has 0 saturated heterocycles. The predicted molar refractivity (Wildman–Crippen MR) is 75.5 cm³/mol. The Labute approximate surface area is 111 Å². The molecule has 0 aliphatic carbocycles. The summed E-state index contributed by atoms with van der Waals surface area (Å²) >= 11 is 8.40. The van der Waals surface area contributed by atoms with Crippen molar-refractivity contribution in [2.45, 2.75) is 32.7 Å². The van der Waals surface area contributed by atoms with Crippen molar-refractivity contribution in [2.24, 2.45) is 0 Å². The second-order valence-corrected chi connectivity index (χ2v) is 5.16. The number of rotatable bonds is 5. The van der Waals surface area contributed by atoms with Gasteiger partial charge in [-0.05, 0) is 59.3 Å². The van der Waals surface area contributed by atoms with E-state index in [0.29, 0.717) is 6.04 Å². The molecule has 0 amide bonds. The fraction of sp³-hybridized carbons (Fsp3) is 0.500. The minimum atomic E-state index is 0.436. The summed E-state index contributed by atoms with van der Waals surface area (Å²) in [6, 6.07) is 6.54. The van der Waals surface area contributed by atoms with Crippen LogP contribution in [0.5, 0.6) is 0 Å². The van der Waals surface area contributed by atoms with Crippen LogP contribution < -0.4 is 5.32 Å². The fourth-order valence-corrected chi connectivity index (χ4v) is 2.58. The highest BCUT2D eigenvalue weighted by Gasteiger charge is 2.12. The molecule has 1 unspecified atom stereocenters. The second kappa shape index (κ2) is 6.71. The topological polar surface area (TPSA) is 12.0 Å². The normalized spacial score (nSPS) is 12.8. The van der Waals surface area contributed by atoms with Gasteiger partial charge < -0.3 is 5.32 Å². The van der Waals surface area contributed by atoms with Crippen molar-refractivity contribution in [2.75, 3.05) is 6.54 Å². The van der Waals surface area contributed by atoms with Gasteiger partial charge in [0, 0.05) is 14.6 Å². The van der Waals surface area contributed by atoms with Crippen LogP contribution in [0.4, 0.5) is 0 Å². The standard InChI is InChI=1S/C12H17ClIN/c1-3-5-12(15-4-2)10-8-9(13)6-7-11(10)14/h6-8,12,15H,3-5H2,1-2H3. The summed E-state index contributed by atoms with van der Waals surface area (Å²) in [7, 11) is 0. The molecule has 15 heavy (non-hydrogen) atoms. The van der Waals surface area contributed by atoms with E-state index in [1.807, 2.05) is 6.07 Å². The zero-order chi connectivity index (χ0) is 11.3. The van der Waals surface area contributed by atoms with Gasteiger partial charge in [0.05, 0.1) is 0 Å². The largest absolute Gasteiger partial charge is 0.310 e. The van der Waals surface area contributed by atoms with Crippen molar-refractivity contribution in [3.63, 3.8) is 0 Å². The molecule has 1 N–H and O–H groups in total. The summed E-state index contributed by atoms with van der Waals surface area (Å²) in [4.78, 5) is 0. The highest BCUT2D eigenvalue weighted by molar-refractivity contribution is 14.1. The van der Waals surface area contributed by atoms with E-state index in [2.05, 4.69) is 53.9 Å². The Morgan fingerprint density at radius 1 is 1.40 bits per heavy atom. The first kappa shape index (κ1) is 13.3. The van der Waals surface area contributed by atoms with Crippen LogP contribution in [0.15, 0.2) is 18.2 Å². The Balaban J connectivity index is 2.93. The molecule has 84 valence electrons. The van der Waals surface area contributed by atoms with Crippen molar-refractivity contribution in [1.29, 1.82) is 0 Å².